The highest BCUT2D eigenvalue weighted by Crippen LogP contribution is 2.22. The Bertz CT molecular complexity index is 508. The van der Waals surface area contributed by atoms with Crippen LogP contribution in [0.2, 0.25) is 0 Å². The maximum Gasteiger partial charge on any atom is 0.119 e. The minimum absolute atomic E-state index is 0.125. The van der Waals surface area contributed by atoms with Gasteiger partial charge in [0.2, 0.25) is 0 Å². The summed E-state index contributed by atoms with van der Waals surface area (Å²) in [5, 5.41) is 12.2. The molecule has 3 nitrogen and oxygen atoms in total. The largest absolute Gasteiger partial charge is 0.396 e. The molecular formula is C15H19NO2S. The molecule has 0 spiro atoms. The first-order valence-electron chi connectivity index (χ1n) is 6.29. The van der Waals surface area contributed by atoms with Crippen molar-refractivity contribution in [1.29, 1.82) is 0 Å². The molecule has 0 amide bonds. The lowest BCUT2D eigenvalue weighted by molar-refractivity contribution is 0.0197. The molecule has 0 fully saturated rings. The van der Waals surface area contributed by atoms with Gasteiger partial charge in [-0.3, -0.25) is 0 Å². The van der Waals surface area contributed by atoms with E-state index >= 15 is 0 Å². The molecule has 0 aliphatic carbocycles. The summed E-state index contributed by atoms with van der Waals surface area (Å²) in [6.45, 7) is 5.11. The monoisotopic (exact) mass is 277 g/mol. The second-order valence-corrected chi connectivity index (χ2v) is 6.25. The molecule has 19 heavy (non-hydrogen) atoms. The van der Waals surface area contributed by atoms with Crippen LogP contribution in [-0.2, 0) is 11.3 Å². The molecule has 0 bridgehead atoms. The van der Waals surface area contributed by atoms with Gasteiger partial charge in [0.25, 0.3) is 0 Å². The van der Waals surface area contributed by atoms with Crippen molar-refractivity contribution < 1.29 is 9.84 Å². The van der Waals surface area contributed by atoms with Crippen molar-refractivity contribution in [3.8, 4) is 11.3 Å². The van der Waals surface area contributed by atoms with Crippen LogP contribution in [0.15, 0.2) is 35.7 Å². The molecule has 0 saturated heterocycles. The van der Waals surface area contributed by atoms with Crippen LogP contribution >= 0.6 is 11.3 Å². The minimum Gasteiger partial charge on any atom is -0.396 e. The minimum atomic E-state index is -0.195. The van der Waals surface area contributed by atoms with Crippen molar-refractivity contribution >= 4 is 11.3 Å². The molecule has 2 rings (SSSR count). The van der Waals surface area contributed by atoms with E-state index in [1.165, 1.54) is 0 Å². The highest BCUT2D eigenvalue weighted by molar-refractivity contribution is 7.09. The van der Waals surface area contributed by atoms with Crippen LogP contribution < -0.4 is 0 Å². The molecule has 0 unspecified atom stereocenters. The molecule has 2 aromatic rings. The quantitative estimate of drug-likeness (QED) is 0.880. The third kappa shape index (κ3) is 4.13. The van der Waals surface area contributed by atoms with Crippen molar-refractivity contribution in [2.24, 2.45) is 5.41 Å². The normalized spacial score (nSPS) is 11.7. The fraction of sp³-hybridized carbons (Fsp3) is 0.400. The highest BCUT2D eigenvalue weighted by Gasteiger charge is 2.16. The van der Waals surface area contributed by atoms with Crippen molar-refractivity contribution in [2.45, 2.75) is 20.5 Å². The summed E-state index contributed by atoms with van der Waals surface area (Å²) < 4.78 is 5.61. The van der Waals surface area contributed by atoms with E-state index in [9.17, 15) is 0 Å². The van der Waals surface area contributed by atoms with Crippen molar-refractivity contribution in [3.05, 3.63) is 40.7 Å². The van der Waals surface area contributed by atoms with E-state index < -0.39 is 0 Å². The lowest BCUT2D eigenvalue weighted by atomic mass is 9.97. The summed E-state index contributed by atoms with van der Waals surface area (Å²) in [6.07, 6.45) is 0. The number of thiazole rings is 1. The molecule has 0 radical (unpaired) electrons. The van der Waals surface area contributed by atoms with Gasteiger partial charge in [0.15, 0.2) is 0 Å². The van der Waals surface area contributed by atoms with Crippen molar-refractivity contribution in [3.63, 3.8) is 0 Å². The predicted octanol–water partition coefficient (Wildman–Crippen LogP) is 3.35. The molecule has 1 heterocycles. The summed E-state index contributed by atoms with van der Waals surface area (Å²) in [7, 11) is 0. The Morgan fingerprint density at radius 1 is 1.26 bits per heavy atom. The predicted molar refractivity (Wildman–Crippen MR) is 78.1 cm³/mol. The zero-order chi connectivity index (χ0) is 13.7. The van der Waals surface area contributed by atoms with Gasteiger partial charge in [0.05, 0.1) is 25.5 Å². The number of aliphatic hydroxyl groups is 1. The highest BCUT2D eigenvalue weighted by atomic mass is 32.1. The van der Waals surface area contributed by atoms with Gasteiger partial charge in [-0.05, 0) is 0 Å². The van der Waals surface area contributed by atoms with E-state index in [4.69, 9.17) is 9.84 Å². The number of benzene rings is 1. The number of nitrogens with zero attached hydrogens (tertiary/aromatic N) is 1. The molecule has 1 aromatic carbocycles. The SMILES string of the molecule is CC(C)(CO)COCc1nc(-c2ccccc2)cs1. The van der Waals surface area contributed by atoms with Gasteiger partial charge in [-0.15, -0.1) is 11.3 Å². The molecule has 0 aliphatic heterocycles. The maximum atomic E-state index is 9.15. The Morgan fingerprint density at radius 2 is 2.00 bits per heavy atom. The van der Waals surface area contributed by atoms with Crippen LogP contribution in [0.4, 0.5) is 0 Å². The number of ether oxygens (including phenoxy) is 1. The molecule has 1 N–H and O–H groups in total. The summed E-state index contributed by atoms with van der Waals surface area (Å²) in [5.74, 6) is 0. The van der Waals surface area contributed by atoms with Crippen LogP contribution in [0.3, 0.4) is 0 Å². The first-order valence-corrected chi connectivity index (χ1v) is 7.17. The van der Waals surface area contributed by atoms with Gasteiger partial charge in [-0.2, -0.15) is 0 Å². The molecule has 1 aromatic heterocycles. The van der Waals surface area contributed by atoms with E-state index in [1.807, 2.05) is 37.4 Å². The van der Waals surface area contributed by atoms with Crippen LogP contribution in [-0.4, -0.2) is 23.3 Å². The third-order valence-corrected chi connectivity index (χ3v) is 3.59. The maximum absolute atomic E-state index is 9.15. The molecule has 4 heteroatoms. The average Bonchev–Trinajstić information content (AvgIpc) is 2.88. The Hall–Kier alpha value is -1.23. The summed E-state index contributed by atoms with van der Waals surface area (Å²) in [4.78, 5) is 4.56. The molecular weight excluding hydrogens is 258 g/mol. The van der Waals surface area contributed by atoms with Crippen LogP contribution in [0.5, 0.6) is 0 Å². The molecule has 0 saturated carbocycles. The van der Waals surface area contributed by atoms with E-state index in [-0.39, 0.29) is 12.0 Å². The smallest absolute Gasteiger partial charge is 0.119 e. The molecule has 0 aliphatic rings. The lowest BCUT2D eigenvalue weighted by Gasteiger charge is -2.20. The standard InChI is InChI=1S/C15H19NO2S/c1-15(2,10-17)11-18-8-14-16-13(9-19-14)12-6-4-3-5-7-12/h3-7,9,17H,8,10-11H2,1-2H3. The van der Waals surface area contributed by atoms with Crippen LogP contribution in [0.1, 0.15) is 18.9 Å². The van der Waals surface area contributed by atoms with E-state index in [1.54, 1.807) is 11.3 Å². The van der Waals surface area contributed by atoms with Crippen molar-refractivity contribution in [1.82, 2.24) is 4.98 Å². The second kappa shape index (κ2) is 6.28. The average molecular weight is 277 g/mol. The number of rotatable bonds is 6. The first-order chi connectivity index (χ1) is 9.11. The number of aliphatic hydroxyl groups excluding tert-OH is 1. The van der Waals surface area contributed by atoms with Crippen LogP contribution in [0.25, 0.3) is 11.3 Å². The van der Waals surface area contributed by atoms with E-state index in [0.717, 1.165) is 16.3 Å². The summed E-state index contributed by atoms with van der Waals surface area (Å²) in [5.41, 5.74) is 1.92. The zero-order valence-electron chi connectivity index (χ0n) is 11.3. The molecule has 0 atom stereocenters. The second-order valence-electron chi connectivity index (χ2n) is 5.31. The molecule has 102 valence electrons. The van der Waals surface area contributed by atoms with Gasteiger partial charge >= 0.3 is 0 Å². The van der Waals surface area contributed by atoms with Gasteiger partial charge in [-0.1, -0.05) is 44.2 Å². The lowest BCUT2D eigenvalue weighted by Crippen LogP contribution is -2.23. The van der Waals surface area contributed by atoms with E-state index in [0.29, 0.717) is 13.2 Å². The number of hydrogen-bond donors (Lipinski definition) is 1. The van der Waals surface area contributed by atoms with Crippen LogP contribution in [0, 0.1) is 5.41 Å². The Morgan fingerprint density at radius 3 is 2.68 bits per heavy atom. The summed E-state index contributed by atoms with van der Waals surface area (Å²) >= 11 is 1.60. The Kier molecular flexibility index (Phi) is 4.69. The topological polar surface area (TPSA) is 42.4 Å². The number of hydrogen-bond acceptors (Lipinski definition) is 4. The Balaban J connectivity index is 1.92. The fourth-order valence-electron chi connectivity index (χ4n) is 1.58. The van der Waals surface area contributed by atoms with Gasteiger partial charge in [0, 0.05) is 16.4 Å². The van der Waals surface area contributed by atoms with Gasteiger partial charge < -0.3 is 9.84 Å². The van der Waals surface area contributed by atoms with E-state index in [2.05, 4.69) is 17.1 Å². The summed E-state index contributed by atoms with van der Waals surface area (Å²) in [6, 6.07) is 10.1. The zero-order valence-corrected chi connectivity index (χ0v) is 12.1. The van der Waals surface area contributed by atoms with Gasteiger partial charge in [-0.25, -0.2) is 4.98 Å². The Labute approximate surface area is 117 Å². The fourth-order valence-corrected chi connectivity index (χ4v) is 2.32. The van der Waals surface area contributed by atoms with Gasteiger partial charge in [0.1, 0.15) is 5.01 Å². The number of aromatic nitrogens is 1. The van der Waals surface area contributed by atoms with Crippen molar-refractivity contribution in [2.75, 3.05) is 13.2 Å². The third-order valence-electron chi connectivity index (χ3n) is 2.77. The first kappa shape index (κ1) is 14.2.